The first kappa shape index (κ1) is 18.4. The lowest BCUT2D eigenvalue weighted by atomic mass is 9.87. The molecule has 0 unspecified atom stereocenters. The van der Waals surface area contributed by atoms with Crippen molar-refractivity contribution in [3.63, 3.8) is 0 Å². The molecule has 0 aliphatic rings. The zero-order chi connectivity index (χ0) is 18.1. The van der Waals surface area contributed by atoms with Crippen LogP contribution in [0.5, 0.6) is 5.75 Å². The Kier molecular flexibility index (Phi) is 5.32. The van der Waals surface area contributed by atoms with E-state index in [2.05, 4.69) is 27.6 Å². The number of nitrogens with one attached hydrogen (secondary N) is 1. The number of H-pyrrole nitrogens is 1. The van der Waals surface area contributed by atoms with Crippen LogP contribution in [-0.2, 0) is 0 Å². The van der Waals surface area contributed by atoms with Gasteiger partial charge < -0.3 is 4.74 Å². The largest absolute Gasteiger partial charge is 0.495 e. The van der Waals surface area contributed by atoms with E-state index in [-0.39, 0.29) is 11.2 Å². The monoisotopic (exact) mass is 442 g/mol. The molecule has 0 bridgehead atoms. The number of aromatic nitrogens is 2. The molecule has 0 atom stereocenters. The molecule has 2 aromatic rings. The Bertz CT molecular complexity index is 891. The van der Waals surface area contributed by atoms with E-state index in [9.17, 15) is 14.4 Å². The summed E-state index contributed by atoms with van der Waals surface area (Å²) in [6.45, 7) is 5.95. The van der Waals surface area contributed by atoms with Gasteiger partial charge in [0.25, 0.3) is 5.56 Å². The Labute approximate surface area is 153 Å². The van der Waals surface area contributed by atoms with Crippen molar-refractivity contribution in [1.29, 1.82) is 0 Å². The van der Waals surface area contributed by atoms with Crippen molar-refractivity contribution in [1.82, 2.24) is 9.55 Å². The van der Waals surface area contributed by atoms with Gasteiger partial charge in [0.15, 0.2) is 5.78 Å². The van der Waals surface area contributed by atoms with Crippen LogP contribution in [0.3, 0.4) is 0 Å². The van der Waals surface area contributed by atoms with Crippen LogP contribution in [0.1, 0.15) is 37.6 Å². The number of aromatic amines is 1. The molecule has 0 amide bonds. The van der Waals surface area contributed by atoms with Gasteiger partial charge in [0, 0.05) is 18.7 Å². The van der Waals surface area contributed by atoms with Gasteiger partial charge in [-0.05, 0) is 40.1 Å². The number of rotatable bonds is 4. The Morgan fingerprint density at radius 3 is 2.50 bits per heavy atom. The molecular weight excluding hydrogens is 423 g/mol. The number of nitrogens with zero attached hydrogens (tertiary/aromatic N) is 1. The van der Waals surface area contributed by atoms with Crippen molar-refractivity contribution in [3.8, 4) is 11.4 Å². The molecule has 128 valence electrons. The van der Waals surface area contributed by atoms with Gasteiger partial charge in [-0.15, -0.1) is 0 Å². The highest BCUT2D eigenvalue weighted by atomic mass is 127. The van der Waals surface area contributed by atoms with E-state index in [1.165, 1.54) is 23.9 Å². The predicted octanol–water partition coefficient (Wildman–Crippen LogP) is 2.76. The second-order valence-corrected chi connectivity index (χ2v) is 7.81. The zero-order valence-electron chi connectivity index (χ0n) is 14.0. The standard InChI is InChI=1S/C17H19IN2O4/c1-17(2,3)9-13(21)11-7-10(8-12(18)15(11)24-4)20-6-5-14(22)19-16(20)23/h5-8H,9H2,1-4H3,(H,19,22,23). The maximum absolute atomic E-state index is 12.7. The van der Waals surface area contributed by atoms with E-state index in [1.54, 1.807) is 12.1 Å². The summed E-state index contributed by atoms with van der Waals surface area (Å²) in [5.41, 5.74) is -0.273. The van der Waals surface area contributed by atoms with Gasteiger partial charge in [-0.25, -0.2) is 4.79 Å². The summed E-state index contributed by atoms with van der Waals surface area (Å²) in [4.78, 5) is 38.1. The van der Waals surface area contributed by atoms with Crippen molar-refractivity contribution < 1.29 is 9.53 Å². The molecule has 0 radical (unpaired) electrons. The topological polar surface area (TPSA) is 81.2 Å². The Morgan fingerprint density at radius 1 is 1.29 bits per heavy atom. The minimum absolute atomic E-state index is 0.0587. The van der Waals surface area contributed by atoms with Crippen LogP contribution in [-0.4, -0.2) is 22.4 Å². The summed E-state index contributed by atoms with van der Waals surface area (Å²) < 4.78 is 7.38. The summed E-state index contributed by atoms with van der Waals surface area (Å²) in [6, 6.07) is 4.61. The average molecular weight is 442 g/mol. The molecule has 0 saturated carbocycles. The van der Waals surface area contributed by atoms with E-state index in [0.29, 0.717) is 27.0 Å². The van der Waals surface area contributed by atoms with Gasteiger partial charge in [0.1, 0.15) is 5.75 Å². The first-order valence-corrected chi connectivity index (χ1v) is 8.43. The number of Topliss-reactive ketones (excluding diaryl/α,β-unsaturated/α-hetero) is 1. The Balaban J connectivity index is 2.63. The number of carbonyl (C=O) groups excluding carboxylic acids is 1. The molecule has 1 aromatic heterocycles. The minimum atomic E-state index is -0.558. The fraction of sp³-hybridized carbons (Fsp3) is 0.353. The van der Waals surface area contributed by atoms with E-state index in [4.69, 9.17) is 4.74 Å². The summed E-state index contributed by atoms with van der Waals surface area (Å²) >= 11 is 2.06. The van der Waals surface area contributed by atoms with E-state index < -0.39 is 11.2 Å². The van der Waals surface area contributed by atoms with Gasteiger partial charge in [-0.2, -0.15) is 0 Å². The lowest BCUT2D eigenvalue weighted by Gasteiger charge is -2.19. The normalized spacial score (nSPS) is 11.4. The minimum Gasteiger partial charge on any atom is -0.495 e. The molecule has 24 heavy (non-hydrogen) atoms. The van der Waals surface area contributed by atoms with Crippen LogP contribution < -0.4 is 16.0 Å². The highest BCUT2D eigenvalue weighted by Crippen LogP contribution is 2.32. The molecular formula is C17H19IN2O4. The highest BCUT2D eigenvalue weighted by Gasteiger charge is 2.22. The summed E-state index contributed by atoms with van der Waals surface area (Å²) in [7, 11) is 1.51. The maximum Gasteiger partial charge on any atom is 0.332 e. The smallest absolute Gasteiger partial charge is 0.332 e. The molecule has 0 aliphatic heterocycles. The van der Waals surface area contributed by atoms with Crippen LogP contribution in [0.4, 0.5) is 0 Å². The number of hydrogen-bond acceptors (Lipinski definition) is 4. The van der Waals surface area contributed by atoms with Gasteiger partial charge >= 0.3 is 5.69 Å². The van der Waals surface area contributed by atoms with Gasteiger partial charge in [0.2, 0.25) is 0 Å². The summed E-state index contributed by atoms with van der Waals surface area (Å²) in [5.74, 6) is 0.433. The fourth-order valence-corrected chi connectivity index (χ4v) is 3.16. The SMILES string of the molecule is COc1c(I)cc(-n2ccc(=O)[nH]c2=O)cc1C(=O)CC(C)(C)C. The first-order valence-electron chi connectivity index (χ1n) is 7.35. The van der Waals surface area contributed by atoms with Gasteiger partial charge in [0.05, 0.1) is 21.9 Å². The molecule has 1 aromatic carbocycles. The predicted molar refractivity (Wildman–Crippen MR) is 100 cm³/mol. The molecule has 1 N–H and O–H groups in total. The van der Waals surface area contributed by atoms with Gasteiger partial charge in [-0.3, -0.25) is 19.1 Å². The number of ketones is 1. The van der Waals surface area contributed by atoms with Crippen molar-refractivity contribution in [2.75, 3.05) is 7.11 Å². The third-order valence-electron chi connectivity index (χ3n) is 3.33. The molecule has 1 heterocycles. The van der Waals surface area contributed by atoms with Crippen LogP contribution in [0.2, 0.25) is 0 Å². The fourth-order valence-electron chi connectivity index (χ4n) is 2.33. The number of halogens is 1. The maximum atomic E-state index is 12.7. The third kappa shape index (κ3) is 4.14. The summed E-state index contributed by atoms with van der Waals surface area (Å²) in [6.07, 6.45) is 1.74. The van der Waals surface area contributed by atoms with E-state index in [0.717, 1.165) is 0 Å². The van der Waals surface area contributed by atoms with Crippen LogP contribution >= 0.6 is 22.6 Å². The van der Waals surface area contributed by atoms with Gasteiger partial charge in [-0.1, -0.05) is 20.8 Å². The van der Waals surface area contributed by atoms with Crippen LogP contribution in [0.15, 0.2) is 34.0 Å². The molecule has 0 aliphatic carbocycles. The van der Waals surface area contributed by atoms with E-state index in [1.807, 2.05) is 20.8 Å². The number of methoxy groups -OCH3 is 1. The molecule has 0 saturated heterocycles. The van der Waals surface area contributed by atoms with Crippen molar-refractivity contribution >= 4 is 28.4 Å². The number of benzene rings is 1. The number of ether oxygens (including phenoxy) is 1. The van der Waals surface area contributed by atoms with E-state index >= 15 is 0 Å². The third-order valence-corrected chi connectivity index (χ3v) is 4.13. The highest BCUT2D eigenvalue weighted by molar-refractivity contribution is 14.1. The second-order valence-electron chi connectivity index (χ2n) is 6.65. The lowest BCUT2D eigenvalue weighted by Crippen LogP contribution is -2.27. The molecule has 2 rings (SSSR count). The molecule has 0 spiro atoms. The van der Waals surface area contributed by atoms with Crippen LogP contribution in [0, 0.1) is 8.99 Å². The Morgan fingerprint density at radius 2 is 1.96 bits per heavy atom. The lowest BCUT2D eigenvalue weighted by molar-refractivity contribution is 0.0936. The van der Waals surface area contributed by atoms with Crippen molar-refractivity contribution in [3.05, 3.63) is 54.4 Å². The first-order chi connectivity index (χ1) is 11.1. The molecule has 0 fully saturated rings. The average Bonchev–Trinajstić information content (AvgIpc) is 2.44. The summed E-state index contributed by atoms with van der Waals surface area (Å²) in [5, 5.41) is 0. The quantitative estimate of drug-likeness (QED) is 0.584. The zero-order valence-corrected chi connectivity index (χ0v) is 16.1. The number of hydrogen-bond donors (Lipinski definition) is 1. The Hall–Kier alpha value is -1.90. The molecule has 6 nitrogen and oxygen atoms in total. The molecule has 7 heteroatoms. The number of carbonyl (C=O) groups is 1. The second kappa shape index (κ2) is 6.92. The van der Waals surface area contributed by atoms with Crippen LogP contribution in [0.25, 0.3) is 5.69 Å². The van der Waals surface area contributed by atoms with Crippen molar-refractivity contribution in [2.24, 2.45) is 5.41 Å². The van der Waals surface area contributed by atoms with Crippen molar-refractivity contribution in [2.45, 2.75) is 27.2 Å².